The average molecular weight is 284 g/mol. The van der Waals surface area contributed by atoms with Crippen LogP contribution in [0.4, 0.5) is 0 Å². The Kier molecular flexibility index (Phi) is 3.00. The molecule has 3 aliphatic heterocycles. The van der Waals surface area contributed by atoms with Gasteiger partial charge in [-0.1, -0.05) is 6.07 Å². The first kappa shape index (κ1) is 12.9. The largest absolute Gasteiger partial charge is 0.471 e. The van der Waals surface area contributed by atoms with Gasteiger partial charge in [-0.05, 0) is 50.9 Å². The van der Waals surface area contributed by atoms with E-state index in [9.17, 15) is 4.79 Å². The topological polar surface area (TPSA) is 45.5 Å². The second kappa shape index (κ2) is 4.88. The summed E-state index contributed by atoms with van der Waals surface area (Å²) in [5.74, 6) is 0.662. The van der Waals surface area contributed by atoms with Crippen LogP contribution in [0.1, 0.15) is 30.1 Å². The molecule has 3 fully saturated rings. The first-order chi connectivity index (χ1) is 10.2. The lowest BCUT2D eigenvalue weighted by Gasteiger charge is -2.49. The number of benzene rings is 1. The Balaban J connectivity index is 1.54. The number of fused-ring (bicyclic) bond motifs is 4. The minimum Gasteiger partial charge on any atom is -0.471 e. The Morgan fingerprint density at radius 1 is 1.24 bits per heavy atom. The molecule has 0 saturated carbocycles. The van der Waals surface area contributed by atoms with E-state index in [-0.39, 0.29) is 11.9 Å². The number of piperidine rings is 3. The van der Waals surface area contributed by atoms with Crippen molar-refractivity contribution in [2.24, 2.45) is 5.92 Å². The molecule has 0 unspecified atom stereocenters. The van der Waals surface area contributed by atoms with Gasteiger partial charge in [-0.2, -0.15) is 0 Å². The van der Waals surface area contributed by atoms with E-state index in [0.29, 0.717) is 17.5 Å². The lowest BCUT2D eigenvalue weighted by molar-refractivity contribution is 0.0217. The van der Waals surface area contributed by atoms with Crippen LogP contribution in [0.5, 0.6) is 0 Å². The zero-order valence-corrected chi connectivity index (χ0v) is 12.2. The standard InChI is InChI=1S/C17H20N2O2/c1-11-16(12-4-6-19(11)7-5-12)18-17(20)13-2-3-14-9-21-10-15(14)8-13/h2-3,8-12,16H,4-7H2,1H3,(H,18,20)/t11-,16-/m0/s1. The van der Waals surface area contributed by atoms with Crippen molar-refractivity contribution in [3.8, 4) is 0 Å². The molecule has 3 saturated heterocycles. The Hall–Kier alpha value is -1.81. The molecule has 1 aromatic heterocycles. The Morgan fingerprint density at radius 2 is 2.00 bits per heavy atom. The highest BCUT2D eigenvalue weighted by molar-refractivity contribution is 5.98. The number of furan rings is 1. The fourth-order valence-corrected chi connectivity index (χ4v) is 3.89. The van der Waals surface area contributed by atoms with E-state index in [1.165, 1.54) is 25.9 Å². The van der Waals surface area contributed by atoms with Crippen molar-refractivity contribution in [3.05, 3.63) is 36.3 Å². The molecule has 0 radical (unpaired) electrons. The molecular formula is C17H20N2O2. The molecule has 2 atom stereocenters. The fraction of sp³-hybridized carbons (Fsp3) is 0.471. The van der Waals surface area contributed by atoms with E-state index >= 15 is 0 Å². The first-order valence-electron chi connectivity index (χ1n) is 7.73. The zero-order chi connectivity index (χ0) is 14.4. The van der Waals surface area contributed by atoms with Gasteiger partial charge < -0.3 is 9.73 Å². The predicted octanol–water partition coefficient (Wildman–Crippen LogP) is 2.65. The van der Waals surface area contributed by atoms with E-state index in [4.69, 9.17) is 4.42 Å². The third-order valence-electron chi connectivity index (χ3n) is 5.21. The molecule has 2 aromatic rings. The summed E-state index contributed by atoms with van der Waals surface area (Å²) in [6.07, 6.45) is 5.79. The van der Waals surface area contributed by atoms with Crippen molar-refractivity contribution in [1.82, 2.24) is 10.2 Å². The van der Waals surface area contributed by atoms with Gasteiger partial charge in [-0.15, -0.1) is 0 Å². The second-order valence-corrected chi connectivity index (χ2v) is 6.33. The third-order valence-corrected chi connectivity index (χ3v) is 5.21. The van der Waals surface area contributed by atoms with Crippen LogP contribution in [0.25, 0.3) is 10.8 Å². The van der Waals surface area contributed by atoms with Crippen molar-refractivity contribution < 1.29 is 9.21 Å². The molecule has 4 nitrogen and oxygen atoms in total. The maximum Gasteiger partial charge on any atom is 0.251 e. The summed E-state index contributed by atoms with van der Waals surface area (Å²) < 4.78 is 5.17. The van der Waals surface area contributed by atoms with Gasteiger partial charge in [0.05, 0.1) is 12.5 Å². The van der Waals surface area contributed by atoms with Crippen LogP contribution in [-0.2, 0) is 0 Å². The van der Waals surface area contributed by atoms with Crippen molar-refractivity contribution in [3.63, 3.8) is 0 Å². The normalized spacial score (nSPS) is 31.5. The molecule has 2 bridgehead atoms. The number of nitrogens with one attached hydrogen (secondary N) is 1. The van der Waals surface area contributed by atoms with Gasteiger partial charge in [0.2, 0.25) is 0 Å². The molecule has 4 heteroatoms. The molecule has 21 heavy (non-hydrogen) atoms. The molecule has 1 amide bonds. The summed E-state index contributed by atoms with van der Waals surface area (Å²) in [6.45, 7) is 4.59. The van der Waals surface area contributed by atoms with E-state index in [2.05, 4.69) is 17.1 Å². The lowest BCUT2D eigenvalue weighted by Crippen LogP contribution is -2.62. The number of nitrogens with zero attached hydrogens (tertiary/aromatic N) is 1. The highest BCUT2D eigenvalue weighted by Gasteiger charge is 2.40. The van der Waals surface area contributed by atoms with Crippen molar-refractivity contribution in [2.45, 2.75) is 31.8 Å². The van der Waals surface area contributed by atoms with Crippen molar-refractivity contribution in [2.75, 3.05) is 13.1 Å². The molecule has 1 aromatic carbocycles. The van der Waals surface area contributed by atoms with E-state index in [1.807, 2.05) is 18.2 Å². The fourth-order valence-electron chi connectivity index (χ4n) is 3.89. The van der Waals surface area contributed by atoms with Gasteiger partial charge in [0.15, 0.2) is 0 Å². The van der Waals surface area contributed by atoms with E-state index in [0.717, 1.165) is 10.8 Å². The molecule has 5 rings (SSSR count). The Morgan fingerprint density at radius 3 is 2.76 bits per heavy atom. The summed E-state index contributed by atoms with van der Waals surface area (Å²) in [7, 11) is 0. The summed E-state index contributed by atoms with van der Waals surface area (Å²) in [5, 5.41) is 5.27. The highest BCUT2D eigenvalue weighted by atomic mass is 16.3. The van der Waals surface area contributed by atoms with Gasteiger partial charge in [-0.25, -0.2) is 0 Å². The van der Waals surface area contributed by atoms with Crippen LogP contribution in [0, 0.1) is 5.92 Å². The quantitative estimate of drug-likeness (QED) is 0.922. The van der Waals surface area contributed by atoms with Gasteiger partial charge in [0.1, 0.15) is 0 Å². The number of carbonyl (C=O) groups excluding carboxylic acids is 1. The number of carbonyl (C=O) groups is 1. The summed E-state index contributed by atoms with van der Waals surface area (Å²) >= 11 is 0. The number of rotatable bonds is 2. The molecule has 110 valence electrons. The summed E-state index contributed by atoms with van der Waals surface area (Å²) in [4.78, 5) is 15.0. The van der Waals surface area contributed by atoms with Crippen LogP contribution >= 0.6 is 0 Å². The first-order valence-corrected chi connectivity index (χ1v) is 7.73. The maximum absolute atomic E-state index is 12.5. The van der Waals surface area contributed by atoms with Crippen LogP contribution in [0.2, 0.25) is 0 Å². The van der Waals surface area contributed by atoms with E-state index in [1.54, 1.807) is 12.5 Å². The van der Waals surface area contributed by atoms with E-state index < -0.39 is 0 Å². The molecule has 4 heterocycles. The molecular weight excluding hydrogens is 264 g/mol. The molecule has 0 spiro atoms. The van der Waals surface area contributed by atoms with Crippen LogP contribution < -0.4 is 5.32 Å². The number of amides is 1. The van der Waals surface area contributed by atoms with Gasteiger partial charge in [0, 0.05) is 28.4 Å². The monoisotopic (exact) mass is 284 g/mol. The second-order valence-electron chi connectivity index (χ2n) is 6.33. The van der Waals surface area contributed by atoms with Gasteiger partial charge in [0.25, 0.3) is 5.91 Å². The minimum absolute atomic E-state index is 0.0312. The highest BCUT2D eigenvalue weighted by Crippen LogP contribution is 2.32. The average Bonchev–Trinajstić information content (AvgIpc) is 2.98. The summed E-state index contributed by atoms with van der Waals surface area (Å²) in [5.41, 5.74) is 0.715. The van der Waals surface area contributed by atoms with Crippen molar-refractivity contribution >= 4 is 16.7 Å². The number of hydrogen-bond acceptors (Lipinski definition) is 3. The molecule has 3 aliphatic rings. The minimum atomic E-state index is 0.0312. The maximum atomic E-state index is 12.5. The van der Waals surface area contributed by atoms with Crippen LogP contribution in [0.3, 0.4) is 0 Å². The van der Waals surface area contributed by atoms with Gasteiger partial charge >= 0.3 is 0 Å². The third kappa shape index (κ3) is 2.14. The van der Waals surface area contributed by atoms with Crippen molar-refractivity contribution in [1.29, 1.82) is 0 Å². The SMILES string of the molecule is C[C@H]1[C@H](NC(=O)c2ccc3cocc3c2)C2CCN1CC2. The van der Waals surface area contributed by atoms with Crippen LogP contribution in [-0.4, -0.2) is 36.0 Å². The molecule has 0 aliphatic carbocycles. The number of hydrogen-bond donors (Lipinski definition) is 1. The smallest absolute Gasteiger partial charge is 0.251 e. The lowest BCUT2D eigenvalue weighted by atomic mass is 9.79. The Labute approximate surface area is 124 Å². The molecule has 1 N–H and O–H groups in total. The predicted molar refractivity (Wildman–Crippen MR) is 81.2 cm³/mol. The van der Waals surface area contributed by atoms with Crippen LogP contribution in [0.15, 0.2) is 35.1 Å². The zero-order valence-electron chi connectivity index (χ0n) is 12.2. The Bertz CT molecular complexity index is 668. The summed E-state index contributed by atoms with van der Waals surface area (Å²) in [6, 6.07) is 6.44. The van der Waals surface area contributed by atoms with Gasteiger partial charge in [-0.3, -0.25) is 9.69 Å².